The Morgan fingerprint density at radius 2 is 1.68 bits per heavy atom. The van der Waals surface area contributed by atoms with Crippen molar-refractivity contribution in [1.82, 2.24) is 0 Å². The lowest BCUT2D eigenvalue weighted by atomic mass is 10.2. The number of anilines is 3. The maximum Gasteiger partial charge on any atom is 0.247 e. The monoisotopic (exact) mass is 399 g/mol. The van der Waals surface area contributed by atoms with Crippen LogP contribution in [0.5, 0.6) is 0 Å². The van der Waals surface area contributed by atoms with E-state index in [1.165, 1.54) is 17.1 Å². The molecule has 2 aliphatic heterocycles. The van der Waals surface area contributed by atoms with E-state index in [4.69, 9.17) is 0 Å². The Morgan fingerprint density at radius 3 is 2.36 bits per heavy atom. The number of sulfonamides is 1. The Balaban J connectivity index is 1.55. The van der Waals surface area contributed by atoms with Crippen LogP contribution in [0.1, 0.15) is 18.4 Å². The molecule has 0 aliphatic carbocycles. The van der Waals surface area contributed by atoms with E-state index in [1.54, 1.807) is 17.0 Å². The molecular formula is C21H25N3O3S. The molecule has 0 aromatic heterocycles. The van der Waals surface area contributed by atoms with Crippen LogP contribution in [-0.4, -0.2) is 46.8 Å². The lowest BCUT2D eigenvalue weighted by Crippen LogP contribution is -2.42. The average molecular weight is 400 g/mol. The van der Waals surface area contributed by atoms with E-state index in [2.05, 4.69) is 4.90 Å². The molecule has 1 fully saturated rings. The van der Waals surface area contributed by atoms with Gasteiger partial charge in [-0.15, -0.1) is 0 Å². The molecule has 0 radical (unpaired) electrons. The van der Waals surface area contributed by atoms with Crippen molar-refractivity contribution in [2.45, 2.75) is 19.3 Å². The van der Waals surface area contributed by atoms with Crippen molar-refractivity contribution in [3.8, 4) is 0 Å². The Hall–Kier alpha value is -2.54. The summed E-state index contributed by atoms with van der Waals surface area (Å²) in [6.45, 7) is 2.45. The van der Waals surface area contributed by atoms with E-state index in [1.807, 2.05) is 36.4 Å². The van der Waals surface area contributed by atoms with E-state index in [0.29, 0.717) is 12.2 Å². The fourth-order valence-corrected chi connectivity index (χ4v) is 4.86. The number of carbonyl (C=O) groups is 1. The van der Waals surface area contributed by atoms with E-state index in [-0.39, 0.29) is 12.5 Å². The quantitative estimate of drug-likeness (QED) is 0.776. The highest BCUT2D eigenvalue weighted by molar-refractivity contribution is 7.92. The smallest absolute Gasteiger partial charge is 0.247 e. The minimum atomic E-state index is -3.58. The van der Waals surface area contributed by atoms with Gasteiger partial charge in [0, 0.05) is 31.0 Å². The highest BCUT2D eigenvalue weighted by atomic mass is 32.2. The van der Waals surface area contributed by atoms with Gasteiger partial charge in [0.2, 0.25) is 15.9 Å². The van der Waals surface area contributed by atoms with Crippen molar-refractivity contribution >= 4 is 33.0 Å². The van der Waals surface area contributed by atoms with Crippen LogP contribution in [0, 0.1) is 0 Å². The summed E-state index contributed by atoms with van der Waals surface area (Å²) in [6.07, 6.45) is 4.31. The van der Waals surface area contributed by atoms with Gasteiger partial charge in [-0.05, 0) is 55.2 Å². The molecule has 0 atom stereocenters. The van der Waals surface area contributed by atoms with Crippen LogP contribution in [0.2, 0.25) is 0 Å². The number of carbonyl (C=O) groups excluding carboxylic acids is 1. The van der Waals surface area contributed by atoms with Gasteiger partial charge in [0.1, 0.15) is 6.54 Å². The van der Waals surface area contributed by atoms with E-state index in [0.717, 1.165) is 42.7 Å². The van der Waals surface area contributed by atoms with E-state index >= 15 is 0 Å². The molecule has 0 unspecified atom stereocenters. The normalized spacial score (nSPS) is 16.3. The van der Waals surface area contributed by atoms with Crippen molar-refractivity contribution in [3.05, 3.63) is 54.1 Å². The Bertz CT molecular complexity index is 967. The van der Waals surface area contributed by atoms with Gasteiger partial charge in [-0.1, -0.05) is 18.2 Å². The molecule has 1 saturated heterocycles. The first-order valence-electron chi connectivity index (χ1n) is 9.64. The SMILES string of the molecule is CS(=O)(=O)N(CC(=O)N1CCc2ccccc21)c1ccc(N2CCCC2)cc1. The third kappa shape index (κ3) is 3.71. The Labute approximate surface area is 166 Å². The van der Waals surface area contributed by atoms with Crippen LogP contribution < -0.4 is 14.1 Å². The molecule has 0 bridgehead atoms. The highest BCUT2D eigenvalue weighted by Gasteiger charge is 2.28. The number of hydrogen-bond acceptors (Lipinski definition) is 4. The average Bonchev–Trinajstić information content (AvgIpc) is 3.35. The molecule has 2 heterocycles. The molecule has 2 aromatic carbocycles. The van der Waals surface area contributed by atoms with Crippen molar-refractivity contribution in [1.29, 1.82) is 0 Å². The van der Waals surface area contributed by atoms with Gasteiger partial charge in [0.05, 0.1) is 11.9 Å². The van der Waals surface area contributed by atoms with E-state index in [9.17, 15) is 13.2 Å². The van der Waals surface area contributed by atoms with Gasteiger partial charge in [0.15, 0.2) is 0 Å². The van der Waals surface area contributed by atoms with Crippen molar-refractivity contribution in [2.24, 2.45) is 0 Å². The van der Waals surface area contributed by atoms with Crippen LogP contribution in [0.25, 0.3) is 0 Å². The summed E-state index contributed by atoms with van der Waals surface area (Å²) < 4.78 is 26.0. The number of rotatable bonds is 5. The van der Waals surface area contributed by atoms with Crippen molar-refractivity contribution in [2.75, 3.05) is 46.5 Å². The molecule has 28 heavy (non-hydrogen) atoms. The molecule has 6 nitrogen and oxygen atoms in total. The zero-order valence-electron chi connectivity index (χ0n) is 16.0. The number of hydrogen-bond donors (Lipinski definition) is 0. The topological polar surface area (TPSA) is 60.9 Å². The minimum absolute atomic E-state index is 0.198. The highest BCUT2D eigenvalue weighted by Crippen LogP contribution is 2.29. The lowest BCUT2D eigenvalue weighted by Gasteiger charge is -2.26. The standard InChI is InChI=1S/C21H25N3O3S/c1-28(26,27)24(19-10-8-18(9-11-19)22-13-4-5-14-22)16-21(25)23-15-12-17-6-2-3-7-20(17)23/h2-3,6-11H,4-5,12-16H2,1H3. The number of fused-ring (bicyclic) bond motifs is 1. The first-order chi connectivity index (χ1) is 13.4. The lowest BCUT2D eigenvalue weighted by molar-refractivity contribution is -0.117. The molecular weight excluding hydrogens is 374 g/mol. The molecule has 0 saturated carbocycles. The minimum Gasteiger partial charge on any atom is -0.372 e. The molecule has 2 aliphatic rings. The Morgan fingerprint density at radius 1 is 1.00 bits per heavy atom. The molecule has 2 aromatic rings. The largest absolute Gasteiger partial charge is 0.372 e. The number of nitrogens with zero attached hydrogens (tertiary/aromatic N) is 3. The zero-order chi connectivity index (χ0) is 19.7. The van der Waals surface area contributed by atoms with Gasteiger partial charge in [-0.3, -0.25) is 9.10 Å². The number of amides is 1. The van der Waals surface area contributed by atoms with Gasteiger partial charge < -0.3 is 9.80 Å². The maximum absolute atomic E-state index is 12.9. The summed E-state index contributed by atoms with van der Waals surface area (Å²) in [6, 6.07) is 15.2. The third-order valence-corrected chi connectivity index (χ3v) is 6.62. The van der Waals surface area contributed by atoms with Gasteiger partial charge >= 0.3 is 0 Å². The molecule has 0 N–H and O–H groups in total. The van der Waals surface area contributed by atoms with Gasteiger partial charge in [-0.2, -0.15) is 0 Å². The second kappa shape index (κ2) is 7.47. The third-order valence-electron chi connectivity index (χ3n) is 5.48. The second-order valence-corrected chi connectivity index (χ2v) is 9.31. The molecule has 1 amide bonds. The van der Waals surface area contributed by atoms with Crippen molar-refractivity contribution < 1.29 is 13.2 Å². The Kier molecular flexibility index (Phi) is 5.02. The first kappa shape index (κ1) is 18.8. The fourth-order valence-electron chi connectivity index (χ4n) is 4.01. The summed E-state index contributed by atoms with van der Waals surface area (Å²) >= 11 is 0. The predicted octanol–water partition coefficient (Wildman–Crippen LogP) is 2.64. The van der Waals surface area contributed by atoms with Crippen LogP contribution in [0.4, 0.5) is 17.1 Å². The summed E-state index contributed by atoms with van der Waals surface area (Å²) in [5, 5.41) is 0. The first-order valence-corrected chi connectivity index (χ1v) is 11.5. The van der Waals surface area contributed by atoms with Crippen LogP contribution in [0.15, 0.2) is 48.5 Å². The van der Waals surface area contributed by atoms with Crippen LogP contribution >= 0.6 is 0 Å². The van der Waals surface area contributed by atoms with Gasteiger partial charge in [-0.25, -0.2) is 8.42 Å². The molecule has 4 rings (SSSR count). The van der Waals surface area contributed by atoms with Crippen LogP contribution in [-0.2, 0) is 21.2 Å². The van der Waals surface area contributed by atoms with E-state index < -0.39 is 10.0 Å². The maximum atomic E-state index is 12.9. The predicted molar refractivity (Wildman–Crippen MR) is 113 cm³/mol. The van der Waals surface area contributed by atoms with Crippen molar-refractivity contribution in [3.63, 3.8) is 0 Å². The number of benzene rings is 2. The zero-order valence-corrected chi connectivity index (χ0v) is 16.9. The summed E-state index contributed by atoms with van der Waals surface area (Å²) in [4.78, 5) is 16.9. The number of para-hydroxylation sites is 1. The molecule has 148 valence electrons. The molecule has 0 spiro atoms. The summed E-state index contributed by atoms with van der Waals surface area (Å²) in [5.74, 6) is -0.209. The van der Waals surface area contributed by atoms with Gasteiger partial charge in [0.25, 0.3) is 0 Å². The second-order valence-electron chi connectivity index (χ2n) is 7.40. The molecule has 7 heteroatoms. The summed E-state index contributed by atoms with van der Waals surface area (Å²) in [5.41, 5.74) is 3.61. The summed E-state index contributed by atoms with van der Waals surface area (Å²) in [7, 11) is -3.58. The fraction of sp³-hybridized carbons (Fsp3) is 0.381. The van der Waals surface area contributed by atoms with Crippen LogP contribution in [0.3, 0.4) is 0 Å².